The Morgan fingerprint density at radius 2 is 1.22 bits per heavy atom. The van der Waals surface area contributed by atoms with Crippen molar-refractivity contribution < 1.29 is 20.4 Å². The molecule has 18 heavy (non-hydrogen) atoms. The summed E-state index contributed by atoms with van der Waals surface area (Å²) in [6, 6.07) is 0. The number of hydrogen-bond acceptors (Lipinski definition) is 4. The molecule has 0 aliphatic heterocycles. The third-order valence-electron chi connectivity index (χ3n) is 5.71. The molecule has 0 amide bonds. The van der Waals surface area contributed by atoms with E-state index in [-0.39, 0.29) is 11.8 Å². The predicted octanol–water partition coefficient (Wildman–Crippen LogP) is 0.276. The highest BCUT2D eigenvalue weighted by atomic mass is 16.4. The molecule has 0 radical (unpaired) electrons. The summed E-state index contributed by atoms with van der Waals surface area (Å²) < 4.78 is 0. The van der Waals surface area contributed by atoms with Crippen LogP contribution < -0.4 is 0 Å². The van der Waals surface area contributed by atoms with Gasteiger partial charge in [-0.05, 0) is 42.9 Å². The van der Waals surface area contributed by atoms with E-state index in [1.165, 1.54) is 19.3 Å². The SMILES string of the molecule is OC1C(O)C(O)C2C3CCCCC3CCC2C1O. The van der Waals surface area contributed by atoms with Crippen molar-refractivity contribution in [2.75, 3.05) is 0 Å². The summed E-state index contributed by atoms with van der Waals surface area (Å²) in [6.45, 7) is 0. The molecule has 3 fully saturated rings. The number of fused-ring (bicyclic) bond motifs is 3. The van der Waals surface area contributed by atoms with Crippen LogP contribution in [-0.2, 0) is 0 Å². The van der Waals surface area contributed by atoms with Crippen molar-refractivity contribution in [3.63, 3.8) is 0 Å². The molecule has 0 saturated heterocycles. The van der Waals surface area contributed by atoms with E-state index in [2.05, 4.69) is 0 Å². The maximum atomic E-state index is 10.3. The zero-order chi connectivity index (χ0) is 12.9. The minimum Gasteiger partial charge on any atom is -0.390 e. The van der Waals surface area contributed by atoms with Gasteiger partial charge in [0.15, 0.2) is 0 Å². The van der Waals surface area contributed by atoms with Crippen LogP contribution in [-0.4, -0.2) is 44.8 Å². The monoisotopic (exact) mass is 256 g/mol. The Morgan fingerprint density at radius 1 is 0.556 bits per heavy atom. The molecule has 3 aliphatic rings. The summed E-state index contributed by atoms with van der Waals surface area (Å²) in [7, 11) is 0. The van der Waals surface area contributed by atoms with Crippen LogP contribution in [0.2, 0.25) is 0 Å². The Morgan fingerprint density at radius 3 is 2.00 bits per heavy atom. The average molecular weight is 256 g/mol. The smallest absolute Gasteiger partial charge is 0.109 e. The molecule has 4 heteroatoms. The van der Waals surface area contributed by atoms with Crippen molar-refractivity contribution in [1.82, 2.24) is 0 Å². The second-order valence-corrected chi connectivity index (χ2v) is 6.49. The van der Waals surface area contributed by atoms with Crippen LogP contribution in [0.15, 0.2) is 0 Å². The second-order valence-electron chi connectivity index (χ2n) is 6.49. The zero-order valence-electron chi connectivity index (χ0n) is 10.7. The maximum Gasteiger partial charge on any atom is 0.109 e. The van der Waals surface area contributed by atoms with Gasteiger partial charge in [0.05, 0.1) is 12.2 Å². The van der Waals surface area contributed by atoms with Gasteiger partial charge in [0.25, 0.3) is 0 Å². The van der Waals surface area contributed by atoms with E-state index in [1.54, 1.807) is 0 Å². The Kier molecular flexibility index (Phi) is 3.39. The van der Waals surface area contributed by atoms with Crippen LogP contribution in [0.4, 0.5) is 0 Å². The van der Waals surface area contributed by atoms with Crippen molar-refractivity contribution >= 4 is 0 Å². The fourth-order valence-corrected chi connectivity index (χ4v) is 4.81. The quantitative estimate of drug-likeness (QED) is 0.502. The van der Waals surface area contributed by atoms with Gasteiger partial charge < -0.3 is 20.4 Å². The predicted molar refractivity (Wildman–Crippen MR) is 65.7 cm³/mol. The molecule has 0 bridgehead atoms. The molecule has 3 aliphatic carbocycles. The lowest BCUT2D eigenvalue weighted by atomic mass is 9.55. The number of hydrogen-bond donors (Lipinski definition) is 4. The fraction of sp³-hybridized carbons (Fsp3) is 1.00. The van der Waals surface area contributed by atoms with Gasteiger partial charge in [0, 0.05) is 0 Å². The van der Waals surface area contributed by atoms with Gasteiger partial charge in [-0.1, -0.05) is 19.3 Å². The molecule has 8 atom stereocenters. The van der Waals surface area contributed by atoms with Crippen molar-refractivity contribution in [3.8, 4) is 0 Å². The average Bonchev–Trinajstić information content (AvgIpc) is 2.41. The first kappa shape index (κ1) is 12.9. The Hall–Kier alpha value is -0.160. The third kappa shape index (κ3) is 1.82. The molecule has 104 valence electrons. The van der Waals surface area contributed by atoms with Gasteiger partial charge in [-0.15, -0.1) is 0 Å². The number of aliphatic hydroxyl groups is 4. The van der Waals surface area contributed by atoms with E-state index in [4.69, 9.17) is 0 Å². The molecular weight excluding hydrogens is 232 g/mol. The highest BCUT2D eigenvalue weighted by Gasteiger charge is 2.54. The van der Waals surface area contributed by atoms with Gasteiger partial charge in [-0.25, -0.2) is 0 Å². The van der Waals surface area contributed by atoms with Gasteiger partial charge in [-0.3, -0.25) is 0 Å². The molecule has 3 rings (SSSR count). The lowest BCUT2D eigenvalue weighted by Gasteiger charge is -2.53. The van der Waals surface area contributed by atoms with Crippen molar-refractivity contribution in [2.24, 2.45) is 23.7 Å². The number of rotatable bonds is 0. The van der Waals surface area contributed by atoms with Crippen LogP contribution in [0.1, 0.15) is 38.5 Å². The highest BCUT2D eigenvalue weighted by Crippen LogP contribution is 2.51. The molecular formula is C14H24O4. The normalized spacial score (nSPS) is 56.7. The third-order valence-corrected chi connectivity index (χ3v) is 5.71. The van der Waals surface area contributed by atoms with Crippen molar-refractivity contribution in [1.29, 1.82) is 0 Å². The fourth-order valence-electron chi connectivity index (χ4n) is 4.81. The summed E-state index contributed by atoms with van der Waals surface area (Å²) in [5, 5.41) is 40.1. The first-order valence-electron chi connectivity index (χ1n) is 7.33. The molecule has 0 aromatic rings. The van der Waals surface area contributed by atoms with Crippen LogP contribution in [0, 0.1) is 23.7 Å². The van der Waals surface area contributed by atoms with Crippen LogP contribution in [0.3, 0.4) is 0 Å². The maximum absolute atomic E-state index is 10.3. The standard InChI is InChI=1S/C14H24O4/c15-11-9-6-5-7-3-1-2-4-8(7)10(9)12(16)14(18)13(11)17/h7-18H,1-6H2. The lowest BCUT2D eigenvalue weighted by molar-refractivity contribution is -0.210. The van der Waals surface area contributed by atoms with E-state index >= 15 is 0 Å². The van der Waals surface area contributed by atoms with Crippen LogP contribution in [0.25, 0.3) is 0 Å². The van der Waals surface area contributed by atoms with Crippen LogP contribution in [0.5, 0.6) is 0 Å². The zero-order valence-corrected chi connectivity index (χ0v) is 10.7. The summed E-state index contributed by atoms with van der Waals surface area (Å²) in [5.74, 6) is 0.990. The molecule has 4 nitrogen and oxygen atoms in total. The van der Waals surface area contributed by atoms with Crippen molar-refractivity contribution in [2.45, 2.75) is 62.9 Å². The lowest BCUT2D eigenvalue weighted by Crippen LogP contribution is -2.62. The van der Waals surface area contributed by atoms with Gasteiger partial charge in [-0.2, -0.15) is 0 Å². The van der Waals surface area contributed by atoms with Gasteiger partial charge in [0.1, 0.15) is 12.2 Å². The minimum absolute atomic E-state index is 0.0301. The molecule has 4 N–H and O–H groups in total. The summed E-state index contributed by atoms with van der Waals surface area (Å²) in [4.78, 5) is 0. The van der Waals surface area contributed by atoms with Crippen molar-refractivity contribution in [3.05, 3.63) is 0 Å². The Labute approximate surface area is 108 Å². The Balaban J connectivity index is 1.86. The van der Waals surface area contributed by atoms with E-state index in [0.29, 0.717) is 11.8 Å². The number of aliphatic hydroxyl groups excluding tert-OH is 4. The first-order valence-corrected chi connectivity index (χ1v) is 7.33. The molecule has 0 spiro atoms. The van der Waals surface area contributed by atoms with E-state index in [9.17, 15) is 20.4 Å². The van der Waals surface area contributed by atoms with Crippen LogP contribution >= 0.6 is 0 Å². The summed E-state index contributed by atoms with van der Waals surface area (Å²) in [5.41, 5.74) is 0. The first-order chi connectivity index (χ1) is 8.61. The summed E-state index contributed by atoms with van der Waals surface area (Å²) in [6.07, 6.45) is 2.59. The molecule has 0 aromatic heterocycles. The molecule has 3 saturated carbocycles. The van der Waals surface area contributed by atoms with E-state index in [1.807, 2.05) is 0 Å². The minimum atomic E-state index is -1.19. The molecule has 0 aromatic carbocycles. The molecule has 8 unspecified atom stereocenters. The van der Waals surface area contributed by atoms with E-state index in [0.717, 1.165) is 19.3 Å². The van der Waals surface area contributed by atoms with Gasteiger partial charge >= 0.3 is 0 Å². The topological polar surface area (TPSA) is 80.9 Å². The van der Waals surface area contributed by atoms with Gasteiger partial charge in [0.2, 0.25) is 0 Å². The molecule has 0 heterocycles. The highest BCUT2D eigenvalue weighted by molar-refractivity contribution is 5.03. The Bertz CT molecular complexity index is 306. The largest absolute Gasteiger partial charge is 0.390 e. The summed E-state index contributed by atoms with van der Waals surface area (Å²) >= 11 is 0. The van der Waals surface area contributed by atoms with E-state index < -0.39 is 24.4 Å². The second kappa shape index (κ2) is 4.75.